The van der Waals surface area contributed by atoms with Crippen molar-refractivity contribution in [2.75, 3.05) is 5.73 Å². The molecule has 0 unspecified atom stereocenters. The van der Waals surface area contributed by atoms with Crippen LogP contribution in [0.1, 0.15) is 29.9 Å². The molecule has 0 amide bonds. The summed E-state index contributed by atoms with van der Waals surface area (Å²) in [7, 11) is 0. The van der Waals surface area contributed by atoms with Gasteiger partial charge >= 0.3 is 0 Å². The molecule has 20 heavy (non-hydrogen) atoms. The third kappa shape index (κ3) is 2.47. The maximum absolute atomic E-state index is 5.79. The summed E-state index contributed by atoms with van der Waals surface area (Å²) in [5.74, 6) is 1.73. The Morgan fingerprint density at radius 3 is 2.90 bits per heavy atom. The number of H-pyrrole nitrogens is 1. The van der Waals surface area contributed by atoms with Crippen molar-refractivity contribution in [2.24, 2.45) is 0 Å². The van der Waals surface area contributed by atoms with Gasteiger partial charge in [0, 0.05) is 17.8 Å². The number of imidazole rings is 1. The highest BCUT2D eigenvalue weighted by atomic mass is 15.0. The highest BCUT2D eigenvalue weighted by molar-refractivity contribution is 5.70. The molecule has 3 N–H and O–H groups in total. The number of pyridine rings is 2. The molecule has 3 heterocycles. The Labute approximate surface area is 117 Å². The van der Waals surface area contributed by atoms with Crippen molar-refractivity contribution < 1.29 is 0 Å². The van der Waals surface area contributed by atoms with E-state index >= 15 is 0 Å². The fourth-order valence-electron chi connectivity index (χ4n) is 2.38. The maximum atomic E-state index is 5.79. The molecule has 3 rings (SSSR count). The van der Waals surface area contributed by atoms with E-state index in [2.05, 4.69) is 32.9 Å². The molecular weight excluding hydrogens is 250 g/mol. The molecule has 5 heteroatoms. The SMILES string of the molecule is Cc1cc(N)nc(C[C@@H](C)c2nc3ncccc3[nH]2)c1. The predicted molar refractivity (Wildman–Crippen MR) is 79.4 cm³/mol. The van der Waals surface area contributed by atoms with Crippen LogP contribution in [0.3, 0.4) is 0 Å². The van der Waals surface area contributed by atoms with E-state index in [1.54, 1.807) is 6.20 Å². The van der Waals surface area contributed by atoms with Crippen LogP contribution in [-0.4, -0.2) is 19.9 Å². The normalized spacial score (nSPS) is 12.7. The lowest BCUT2D eigenvalue weighted by Crippen LogP contribution is -2.04. The second-order valence-electron chi connectivity index (χ2n) is 5.16. The summed E-state index contributed by atoms with van der Waals surface area (Å²) in [6.45, 7) is 4.15. The molecule has 3 aromatic heterocycles. The number of hydrogen-bond donors (Lipinski definition) is 2. The largest absolute Gasteiger partial charge is 0.384 e. The Kier molecular flexibility index (Phi) is 3.10. The number of anilines is 1. The van der Waals surface area contributed by atoms with Crippen LogP contribution in [0.15, 0.2) is 30.5 Å². The van der Waals surface area contributed by atoms with E-state index in [9.17, 15) is 0 Å². The zero-order valence-electron chi connectivity index (χ0n) is 11.6. The summed E-state index contributed by atoms with van der Waals surface area (Å²) >= 11 is 0. The third-order valence-corrected chi connectivity index (χ3v) is 3.30. The lowest BCUT2D eigenvalue weighted by atomic mass is 10.0. The molecule has 0 fully saturated rings. The van der Waals surface area contributed by atoms with Crippen LogP contribution in [-0.2, 0) is 6.42 Å². The van der Waals surface area contributed by atoms with E-state index in [1.165, 1.54) is 0 Å². The smallest absolute Gasteiger partial charge is 0.177 e. The highest BCUT2D eigenvalue weighted by Gasteiger charge is 2.13. The van der Waals surface area contributed by atoms with Gasteiger partial charge in [-0.3, -0.25) is 0 Å². The van der Waals surface area contributed by atoms with Gasteiger partial charge in [-0.05, 0) is 43.2 Å². The summed E-state index contributed by atoms with van der Waals surface area (Å²) in [6, 6.07) is 7.82. The van der Waals surface area contributed by atoms with E-state index < -0.39 is 0 Å². The molecule has 0 bridgehead atoms. The van der Waals surface area contributed by atoms with Gasteiger partial charge in [-0.25, -0.2) is 15.0 Å². The van der Waals surface area contributed by atoms with Crippen LogP contribution in [0, 0.1) is 6.92 Å². The molecule has 0 aliphatic carbocycles. The van der Waals surface area contributed by atoms with Gasteiger partial charge in [0.25, 0.3) is 0 Å². The number of nitrogens with one attached hydrogen (secondary N) is 1. The van der Waals surface area contributed by atoms with E-state index in [-0.39, 0.29) is 5.92 Å². The quantitative estimate of drug-likeness (QED) is 0.764. The molecule has 102 valence electrons. The Morgan fingerprint density at radius 2 is 2.15 bits per heavy atom. The molecule has 5 nitrogen and oxygen atoms in total. The van der Waals surface area contributed by atoms with Gasteiger partial charge in [-0.2, -0.15) is 0 Å². The molecule has 1 atom stereocenters. The van der Waals surface area contributed by atoms with Crippen molar-refractivity contribution in [3.05, 3.63) is 47.5 Å². The number of aromatic amines is 1. The number of nitrogen functional groups attached to an aromatic ring is 1. The van der Waals surface area contributed by atoms with Gasteiger partial charge in [0.15, 0.2) is 5.65 Å². The first-order valence-electron chi connectivity index (χ1n) is 6.65. The van der Waals surface area contributed by atoms with Crippen molar-refractivity contribution in [3.8, 4) is 0 Å². The fourth-order valence-corrected chi connectivity index (χ4v) is 2.38. The standard InChI is InChI=1S/C15H17N5/c1-9-6-11(18-13(16)7-9)8-10(2)14-19-12-4-3-5-17-15(12)20-14/h3-7,10H,8H2,1-2H3,(H2,16,18)(H,17,19,20)/t10-/m1/s1. The third-order valence-electron chi connectivity index (χ3n) is 3.30. The number of fused-ring (bicyclic) bond motifs is 1. The van der Waals surface area contributed by atoms with Gasteiger partial charge in [0.1, 0.15) is 11.6 Å². The van der Waals surface area contributed by atoms with Crippen LogP contribution < -0.4 is 5.73 Å². The lowest BCUT2D eigenvalue weighted by Gasteiger charge is -2.09. The zero-order valence-corrected chi connectivity index (χ0v) is 11.6. The molecule has 0 aromatic carbocycles. The molecule has 0 aliphatic rings. The highest BCUT2D eigenvalue weighted by Crippen LogP contribution is 2.20. The average Bonchev–Trinajstić information content (AvgIpc) is 2.81. The number of aromatic nitrogens is 4. The van der Waals surface area contributed by atoms with Crippen molar-refractivity contribution in [2.45, 2.75) is 26.2 Å². The fraction of sp³-hybridized carbons (Fsp3) is 0.267. The minimum absolute atomic E-state index is 0.234. The Morgan fingerprint density at radius 1 is 1.30 bits per heavy atom. The Hall–Kier alpha value is -2.43. The molecule has 0 spiro atoms. The Bertz CT molecular complexity index is 694. The van der Waals surface area contributed by atoms with Crippen molar-refractivity contribution in [3.63, 3.8) is 0 Å². The topological polar surface area (TPSA) is 80.5 Å². The molecular formula is C15H17N5. The van der Waals surface area contributed by atoms with E-state index in [0.717, 1.165) is 34.7 Å². The zero-order chi connectivity index (χ0) is 14.1. The predicted octanol–water partition coefficient (Wildman–Crippen LogP) is 2.59. The van der Waals surface area contributed by atoms with Gasteiger partial charge in [0.05, 0.1) is 5.52 Å². The lowest BCUT2D eigenvalue weighted by molar-refractivity contribution is 0.699. The first kappa shape index (κ1) is 12.6. The van der Waals surface area contributed by atoms with Gasteiger partial charge in [-0.15, -0.1) is 0 Å². The number of hydrogen-bond acceptors (Lipinski definition) is 4. The summed E-state index contributed by atoms with van der Waals surface area (Å²) in [4.78, 5) is 16.5. The second-order valence-corrected chi connectivity index (χ2v) is 5.16. The minimum atomic E-state index is 0.234. The van der Waals surface area contributed by atoms with Crippen LogP contribution in [0.4, 0.5) is 5.82 Å². The first-order valence-corrected chi connectivity index (χ1v) is 6.65. The van der Waals surface area contributed by atoms with E-state index in [4.69, 9.17) is 5.73 Å². The minimum Gasteiger partial charge on any atom is -0.384 e. The summed E-state index contributed by atoms with van der Waals surface area (Å²) in [5, 5.41) is 0. The van der Waals surface area contributed by atoms with Gasteiger partial charge < -0.3 is 10.7 Å². The van der Waals surface area contributed by atoms with Crippen LogP contribution in [0.25, 0.3) is 11.2 Å². The molecule has 0 aliphatic heterocycles. The monoisotopic (exact) mass is 267 g/mol. The first-order chi connectivity index (χ1) is 9.61. The van der Waals surface area contributed by atoms with Gasteiger partial charge in [0.2, 0.25) is 0 Å². The van der Waals surface area contributed by atoms with Crippen LogP contribution in [0.5, 0.6) is 0 Å². The molecule has 0 saturated heterocycles. The molecule has 0 saturated carbocycles. The number of nitrogens with two attached hydrogens (primary N) is 1. The number of aryl methyl sites for hydroxylation is 1. The summed E-state index contributed by atoms with van der Waals surface area (Å²) < 4.78 is 0. The molecule has 0 radical (unpaired) electrons. The van der Waals surface area contributed by atoms with Crippen molar-refractivity contribution in [1.82, 2.24) is 19.9 Å². The van der Waals surface area contributed by atoms with E-state index in [1.807, 2.05) is 25.1 Å². The summed E-state index contributed by atoms with van der Waals surface area (Å²) in [6.07, 6.45) is 2.55. The number of nitrogens with zero attached hydrogens (tertiary/aromatic N) is 3. The number of rotatable bonds is 3. The van der Waals surface area contributed by atoms with E-state index in [0.29, 0.717) is 5.82 Å². The average molecular weight is 267 g/mol. The van der Waals surface area contributed by atoms with Gasteiger partial charge in [-0.1, -0.05) is 6.92 Å². The molecule has 3 aromatic rings. The Balaban J connectivity index is 1.86. The summed E-state index contributed by atoms with van der Waals surface area (Å²) in [5.41, 5.74) is 9.63. The van der Waals surface area contributed by atoms with Crippen LogP contribution in [0.2, 0.25) is 0 Å². The maximum Gasteiger partial charge on any atom is 0.177 e. The van der Waals surface area contributed by atoms with Crippen molar-refractivity contribution in [1.29, 1.82) is 0 Å². The van der Waals surface area contributed by atoms with Crippen molar-refractivity contribution >= 4 is 17.0 Å². The second kappa shape index (κ2) is 4.92. The van der Waals surface area contributed by atoms with Crippen LogP contribution >= 0.6 is 0 Å².